The van der Waals surface area contributed by atoms with Crippen LogP contribution >= 0.6 is 0 Å². The van der Waals surface area contributed by atoms with Gasteiger partial charge in [0.1, 0.15) is 17.4 Å². The maximum atomic E-state index is 13.5. The minimum atomic E-state index is -0.962. The summed E-state index contributed by atoms with van der Waals surface area (Å²) < 4.78 is 31.3. The number of hydrogen-bond donors (Lipinski definition) is 1. The van der Waals surface area contributed by atoms with E-state index in [-0.39, 0.29) is 11.3 Å². The number of benzene rings is 1. The van der Waals surface area contributed by atoms with Gasteiger partial charge in [0.2, 0.25) is 0 Å². The molecule has 16 heavy (non-hydrogen) atoms. The molecule has 2 atom stereocenters. The second kappa shape index (κ2) is 3.73. The van der Waals surface area contributed by atoms with Crippen LogP contribution in [0.4, 0.5) is 8.78 Å². The topological polar surface area (TPSA) is 46.5 Å². The average molecular weight is 228 g/mol. The van der Waals surface area contributed by atoms with Crippen molar-refractivity contribution < 1.29 is 23.4 Å². The monoisotopic (exact) mass is 228 g/mol. The first-order valence-corrected chi connectivity index (χ1v) is 4.80. The molecule has 0 amide bonds. The highest BCUT2D eigenvalue weighted by molar-refractivity contribution is 5.75. The summed E-state index contributed by atoms with van der Waals surface area (Å²) >= 11 is 0. The fourth-order valence-electron chi connectivity index (χ4n) is 1.88. The summed E-state index contributed by atoms with van der Waals surface area (Å²) in [5.41, 5.74) is 0.163. The van der Waals surface area contributed by atoms with Gasteiger partial charge in [0, 0.05) is 23.6 Å². The van der Waals surface area contributed by atoms with E-state index in [1.165, 1.54) is 7.11 Å². The molecule has 1 fully saturated rings. The second-order valence-electron chi connectivity index (χ2n) is 3.79. The van der Waals surface area contributed by atoms with Gasteiger partial charge in [-0.05, 0) is 6.42 Å². The highest BCUT2D eigenvalue weighted by Crippen LogP contribution is 2.51. The van der Waals surface area contributed by atoms with E-state index in [0.29, 0.717) is 6.42 Å². The third-order valence-electron chi connectivity index (χ3n) is 2.75. The van der Waals surface area contributed by atoms with E-state index in [9.17, 15) is 13.6 Å². The van der Waals surface area contributed by atoms with Gasteiger partial charge in [-0.15, -0.1) is 0 Å². The third-order valence-corrected chi connectivity index (χ3v) is 2.75. The van der Waals surface area contributed by atoms with Crippen LogP contribution in [0.1, 0.15) is 17.9 Å². The molecule has 1 saturated carbocycles. The fraction of sp³-hybridized carbons (Fsp3) is 0.364. The first-order chi connectivity index (χ1) is 7.54. The molecule has 86 valence electrons. The summed E-state index contributed by atoms with van der Waals surface area (Å²) in [4.78, 5) is 10.7. The number of methoxy groups -OCH3 is 1. The molecule has 0 radical (unpaired) electrons. The molecular formula is C11H10F2O3. The first-order valence-electron chi connectivity index (χ1n) is 4.80. The molecule has 2 rings (SSSR count). The summed E-state index contributed by atoms with van der Waals surface area (Å²) in [5.74, 6) is -3.36. The Morgan fingerprint density at radius 3 is 2.69 bits per heavy atom. The molecule has 1 aromatic rings. The fourth-order valence-corrected chi connectivity index (χ4v) is 1.88. The van der Waals surface area contributed by atoms with E-state index < -0.39 is 29.4 Å². The van der Waals surface area contributed by atoms with Crippen molar-refractivity contribution in [3.05, 3.63) is 29.3 Å². The van der Waals surface area contributed by atoms with Crippen LogP contribution in [0.5, 0.6) is 5.75 Å². The van der Waals surface area contributed by atoms with E-state index in [1.807, 2.05) is 0 Å². The molecule has 0 spiro atoms. The summed E-state index contributed by atoms with van der Waals surface area (Å²) in [6.07, 6.45) is 0.369. The maximum Gasteiger partial charge on any atom is 0.307 e. The van der Waals surface area contributed by atoms with Crippen molar-refractivity contribution in [2.75, 3.05) is 7.11 Å². The van der Waals surface area contributed by atoms with E-state index in [0.717, 1.165) is 12.1 Å². The smallest absolute Gasteiger partial charge is 0.307 e. The molecule has 1 N–H and O–H groups in total. The summed E-state index contributed by atoms with van der Waals surface area (Å²) in [5, 5.41) is 8.76. The number of halogens is 2. The third kappa shape index (κ3) is 1.73. The molecule has 1 aliphatic rings. The molecule has 1 aliphatic carbocycles. The Bertz CT molecular complexity index is 445. The second-order valence-corrected chi connectivity index (χ2v) is 3.79. The van der Waals surface area contributed by atoms with Crippen LogP contribution in [-0.2, 0) is 4.79 Å². The Labute approximate surface area is 90.7 Å². The summed E-state index contributed by atoms with van der Waals surface area (Å²) in [6.45, 7) is 0. The lowest BCUT2D eigenvalue weighted by molar-refractivity contribution is -0.138. The molecule has 0 heterocycles. The Kier molecular flexibility index (Phi) is 2.53. The van der Waals surface area contributed by atoms with Gasteiger partial charge in [-0.25, -0.2) is 8.78 Å². The number of ether oxygens (including phenoxy) is 1. The van der Waals surface area contributed by atoms with Crippen LogP contribution < -0.4 is 4.74 Å². The van der Waals surface area contributed by atoms with Crippen LogP contribution in [0.25, 0.3) is 0 Å². The molecule has 0 bridgehead atoms. The van der Waals surface area contributed by atoms with Crippen molar-refractivity contribution in [2.45, 2.75) is 12.3 Å². The number of carboxylic acids is 1. The Balaban J connectivity index is 2.38. The van der Waals surface area contributed by atoms with Gasteiger partial charge < -0.3 is 9.84 Å². The molecule has 5 heteroatoms. The zero-order valence-electron chi connectivity index (χ0n) is 8.54. The van der Waals surface area contributed by atoms with Gasteiger partial charge >= 0.3 is 5.97 Å². The Morgan fingerprint density at radius 1 is 1.50 bits per heavy atom. The standard InChI is InChI=1S/C11H10F2O3/c1-16-9-3-5(12)2-8(13)10(9)6-4-7(6)11(14)15/h2-3,6-7H,4H2,1H3,(H,14,15). The molecule has 3 nitrogen and oxygen atoms in total. The number of carboxylic acid groups (broad SMARTS) is 1. The van der Waals surface area contributed by atoms with Crippen LogP contribution in [-0.4, -0.2) is 18.2 Å². The van der Waals surface area contributed by atoms with Crippen molar-refractivity contribution in [2.24, 2.45) is 5.92 Å². The van der Waals surface area contributed by atoms with Gasteiger partial charge in [-0.1, -0.05) is 0 Å². The van der Waals surface area contributed by atoms with Crippen molar-refractivity contribution in [1.82, 2.24) is 0 Å². The SMILES string of the molecule is COc1cc(F)cc(F)c1C1CC1C(=O)O. The lowest BCUT2D eigenvalue weighted by Crippen LogP contribution is -2.02. The van der Waals surface area contributed by atoms with Crippen molar-refractivity contribution in [1.29, 1.82) is 0 Å². The molecule has 0 saturated heterocycles. The van der Waals surface area contributed by atoms with Gasteiger partial charge in [0.15, 0.2) is 0 Å². The zero-order valence-corrected chi connectivity index (χ0v) is 8.54. The number of hydrogen-bond acceptors (Lipinski definition) is 2. The predicted molar refractivity (Wildman–Crippen MR) is 51.4 cm³/mol. The number of rotatable bonds is 3. The molecule has 0 aromatic heterocycles. The summed E-state index contributed by atoms with van der Waals surface area (Å²) in [6, 6.07) is 1.81. The number of aliphatic carboxylic acids is 1. The van der Waals surface area contributed by atoms with Crippen molar-refractivity contribution in [3.63, 3.8) is 0 Å². The lowest BCUT2D eigenvalue weighted by Gasteiger charge is -2.08. The van der Waals surface area contributed by atoms with E-state index in [2.05, 4.69) is 0 Å². The van der Waals surface area contributed by atoms with Crippen molar-refractivity contribution >= 4 is 5.97 Å². The lowest BCUT2D eigenvalue weighted by atomic mass is 10.1. The van der Waals surface area contributed by atoms with Crippen LogP contribution in [0, 0.1) is 17.6 Å². The minimum absolute atomic E-state index is 0.0752. The van der Waals surface area contributed by atoms with Crippen LogP contribution in [0.2, 0.25) is 0 Å². The first kappa shape index (κ1) is 10.9. The highest BCUT2D eigenvalue weighted by atomic mass is 19.1. The molecule has 1 aromatic carbocycles. The van der Waals surface area contributed by atoms with Crippen molar-refractivity contribution in [3.8, 4) is 5.75 Å². The van der Waals surface area contributed by atoms with Crippen LogP contribution in [0.3, 0.4) is 0 Å². The Hall–Kier alpha value is -1.65. The zero-order chi connectivity index (χ0) is 11.9. The Morgan fingerprint density at radius 2 is 2.19 bits per heavy atom. The molecular weight excluding hydrogens is 218 g/mol. The predicted octanol–water partition coefficient (Wildman–Crippen LogP) is 2.16. The minimum Gasteiger partial charge on any atom is -0.496 e. The average Bonchev–Trinajstić information content (AvgIpc) is 2.96. The molecule has 0 aliphatic heterocycles. The van der Waals surface area contributed by atoms with Gasteiger partial charge in [-0.3, -0.25) is 4.79 Å². The number of carbonyl (C=O) groups is 1. The summed E-state index contributed by atoms with van der Waals surface area (Å²) in [7, 11) is 1.30. The van der Waals surface area contributed by atoms with Gasteiger partial charge in [0.25, 0.3) is 0 Å². The quantitative estimate of drug-likeness (QED) is 0.862. The van der Waals surface area contributed by atoms with Gasteiger partial charge in [-0.2, -0.15) is 0 Å². The van der Waals surface area contributed by atoms with E-state index >= 15 is 0 Å². The van der Waals surface area contributed by atoms with Crippen LogP contribution in [0.15, 0.2) is 12.1 Å². The van der Waals surface area contributed by atoms with Gasteiger partial charge in [0.05, 0.1) is 13.0 Å². The normalized spacial score (nSPS) is 22.9. The van der Waals surface area contributed by atoms with E-state index in [1.54, 1.807) is 0 Å². The van der Waals surface area contributed by atoms with E-state index in [4.69, 9.17) is 9.84 Å². The highest BCUT2D eigenvalue weighted by Gasteiger charge is 2.47. The maximum absolute atomic E-state index is 13.5. The molecule has 2 unspecified atom stereocenters. The largest absolute Gasteiger partial charge is 0.496 e.